The molecular weight excluding hydrogens is 282 g/mol. The van der Waals surface area contributed by atoms with Crippen LogP contribution >= 0.6 is 0 Å². The average molecular weight is 303 g/mol. The average Bonchev–Trinajstić information content (AvgIpc) is 2.45. The molecule has 0 aliphatic carbocycles. The van der Waals surface area contributed by atoms with E-state index in [1.165, 1.54) is 12.1 Å². The monoisotopic (exact) mass is 303 g/mol. The van der Waals surface area contributed by atoms with Crippen molar-refractivity contribution in [2.45, 2.75) is 46.3 Å². The Morgan fingerprint density at radius 2 is 2.05 bits per heavy atom. The Kier molecular flexibility index (Phi) is 4.85. The van der Waals surface area contributed by atoms with Gasteiger partial charge in [0.2, 0.25) is 0 Å². The first-order valence-corrected chi connectivity index (χ1v) is 7.51. The molecule has 1 heterocycles. The SMILES string of the molecule is CCCCn1c(=O)ccc2cc(C(=O)O)cc(OC(C)C)c21. The Hall–Kier alpha value is -2.30. The molecule has 0 radical (unpaired) electrons. The molecule has 0 aliphatic heterocycles. The number of aromatic carboxylic acids is 1. The van der Waals surface area contributed by atoms with Crippen molar-refractivity contribution in [3.05, 3.63) is 40.2 Å². The molecule has 2 rings (SSSR count). The normalized spacial score (nSPS) is 11.1. The number of fused-ring (bicyclic) bond motifs is 1. The number of carbonyl (C=O) groups is 1. The summed E-state index contributed by atoms with van der Waals surface area (Å²) in [6.07, 6.45) is 1.74. The number of aryl methyl sites for hydroxylation is 1. The Labute approximate surface area is 129 Å². The number of pyridine rings is 1. The lowest BCUT2D eigenvalue weighted by molar-refractivity contribution is 0.0696. The third-order valence-corrected chi connectivity index (χ3v) is 3.39. The highest BCUT2D eigenvalue weighted by molar-refractivity contribution is 5.96. The molecule has 5 heteroatoms. The van der Waals surface area contributed by atoms with Crippen LogP contribution in [0.25, 0.3) is 10.9 Å². The van der Waals surface area contributed by atoms with Gasteiger partial charge in [-0.05, 0) is 38.5 Å². The van der Waals surface area contributed by atoms with E-state index >= 15 is 0 Å². The minimum atomic E-state index is -1.01. The van der Waals surface area contributed by atoms with Crippen molar-refractivity contribution < 1.29 is 14.6 Å². The molecule has 118 valence electrons. The van der Waals surface area contributed by atoms with Gasteiger partial charge < -0.3 is 14.4 Å². The molecule has 0 bridgehead atoms. The topological polar surface area (TPSA) is 68.5 Å². The van der Waals surface area contributed by atoms with Gasteiger partial charge in [-0.3, -0.25) is 4.79 Å². The quantitative estimate of drug-likeness (QED) is 0.889. The van der Waals surface area contributed by atoms with Gasteiger partial charge in [-0.15, -0.1) is 0 Å². The molecule has 0 amide bonds. The van der Waals surface area contributed by atoms with Crippen LogP contribution in [0.4, 0.5) is 0 Å². The van der Waals surface area contributed by atoms with E-state index in [0.29, 0.717) is 23.2 Å². The van der Waals surface area contributed by atoms with Crippen LogP contribution < -0.4 is 10.3 Å². The summed E-state index contributed by atoms with van der Waals surface area (Å²) in [6, 6.07) is 6.20. The maximum Gasteiger partial charge on any atom is 0.335 e. The van der Waals surface area contributed by atoms with Gasteiger partial charge in [0.05, 0.1) is 17.2 Å². The molecule has 0 spiro atoms. The second kappa shape index (κ2) is 6.64. The fourth-order valence-corrected chi connectivity index (χ4v) is 2.41. The molecule has 0 atom stereocenters. The van der Waals surface area contributed by atoms with Crippen molar-refractivity contribution in [1.29, 1.82) is 0 Å². The van der Waals surface area contributed by atoms with Crippen LogP contribution in [-0.2, 0) is 6.54 Å². The maximum atomic E-state index is 12.2. The van der Waals surface area contributed by atoms with Crippen molar-refractivity contribution in [3.8, 4) is 5.75 Å². The summed E-state index contributed by atoms with van der Waals surface area (Å²) in [5.41, 5.74) is 0.723. The second-order valence-electron chi connectivity index (χ2n) is 5.56. The fourth-order valence-electron chi connectivity index (χ4n) is 2.41. The molecule has 22 heavy (non-hydrogen) atoms. The number of carboxylic acid groups (broad SMARTS) is 1. The Morgan fingerprint density at radius 1 is 1.32 bits per heavy atom. The minimum Gasteiger partial charge on any atom is -0.489 e. The molecule has 5 nitrogen and oxygen atoms in total. The highest BCUT2D eigenvalue weighted by Crippen LogP contribution is 2.28. The number of benzene rings is 1. The van der Waals surface area contributed by atoms with Crippen LogP contribution in [0.2, 0.25) is 0 Å². The summed E-state index contributed by atoms with van der Waals surface area (Å²) < 4.78 is 7.44. The highest BCUT2D eigenvalue weighted by atomic mass is 16.5. The molecule has 0 unspecified atom stereocenters. The smallest absolute Gasteiger partial charge is 0.335 e. The van der Waals surface area contributed by atoms with Crippen LogP contribution in [-0.4, -0.2) is 21.7 Å². The van der Waals surface area contributed by atoms with Crippen LogP contribution in [0, 0.1) is 0 Å². The zero-order chi connectivity index (χ0) is 16.3. The summed E-state index contributed by atoms with van der Waals surface area (Å²) in [6.45, 7) is 6.39. The Bertz CT molecular complexity index is 746. The molecule has 2 aromatic rings. The number of carboxylic acids is 1. The number of ether oxygens (including phenoxy) is 1. The number of hydrogen-bond donors (Lipinski definition) is 1. The van der Waals surface area contributed by atoms with E-state index in [1.807, 2.05) is 13.8 Å². The summed E-state index contributed by atoms with van der Waals surface area (Å²) in [7, 11) is 0. The van der Waals surface area contributed by atoms with Gasteiger partial charge in [0.25, 0.3) is 5.56 Å². The van der Waals surface area contributed by atoms with E-state index in [4.69, 9.17) is 4.74 Å². The third-order valence-electron chi connectivity index (χ3n) is 3.39. The number of nitrogens with zero attached hydrogens (tertiary/aromatic N) is 1. The van der Waals surface area contributed by atoms with Gasteiger partial charge in [0.15, 0.2) is 0 Å². The van der Waals surface area contributed by atoms with Gasteiger partial charge >= 0.3 is 5.97 Å². The lowest BCUT2D eigenvalue weighted by Gasteiger charge is -2.17. The summed E-state index contributed by atoms with van der Waals surface area (Å²) in [5, 5.41) is 9.94. The van der Waals surface area contributed by atoms with Gasteiger partial charge in [-0.2, -0.15) is 0 Å². The van der Waals surface area contributed by atoms with Crippen LogP contribution in [0.3, 0.4) is 0 Å². The first kappa shape index (κ1) is 16.1. The van der Waals surface area contributed by atoms with Gasteiger partial charge in [-0.25, -0.2) is 4.79 Å². The van der Waals surface area contributed by atoms with Crippen LogP contribution in [0.15, 0.2) is 29.1 Å². The summed E-state index contributed by atoms with van der Waals surface area (Å²) in [5.74, 6) is -0.569. The first-order valence-electron chi connectivity index (χ1n) is 7.51. The van der Waals surface area contributed by atoms with Crippen molar-refractivity contribution in [1.82, 2.24) is 4.57 Å². The van der Waals surface area contributed by atoms with E-state index in [9.17, 15) is 14.7 Å². The zero-order valence-corrected chi connectivity index (χ0v) is 13.1. The summed E-state index contributed by atoms with van der Waals surface area (Å²) >= 11 is 0. The molecule has 1 N–H and O–H groups in total. The van der Waals surface area contributed by atoms with Crippen molar-refractivity contribution in [2.75, 3.05) is 0 Å². The van der Waals surface area contributed by atoms with E-state index in [2.05, 4.69) is 6.92 Å². The largest absolute Gasteiger partial charge is 0.489 e. The van der Waals surface area contributed by atoms with E-state index < -0.39 is 5.97 Å². The fraction of sp³-hybridized carbons (Fsp3) is 0.412. The van der Waals surface area contributed by atoms with Crippen molar-refractivity contribution in [3.63, 3.8) is 0 Å². The second-order valence-corrected chi connectivity index (χ2v) is 5.56. The Morgan fingerprint density at radius 3 is 2.64 bits per heavy atom. The number of aromatic nitrogens is 1. The van der Waals surface area contributed by atoms with E-state index in [-0.39, 0.29) is 17.2 Å². The predicted octanol–water partition coefficient (Wildman–Crippen LogP) is 3.29. The van der Waals surface area contributed by atoms with Crippen molar-refractivity contribution in [2.24, 2.45) is 0 Å². The molecule has 0 saturated carbocycles. The minimum absolute atomic E-state index is 0.0994. The van der Waals surface area contributed by atoms with E-state index in [0.717, 1.165) is 12.8 Å². The number of rotatable bonds is 6. The molecule has 0 saturated heterocycles. The van der Waals surface area contributed by atoms with Crippen LogP contribution in [0.5, 0.6) is 5.75 Å². The van der Waals surface area contributed by atoms with E-state index in [1.54, 1.807) is 16.7 Å². The summed E-state index contributed by atoms with van der Waals surface area (Å²) in [4.78, 5) is 23.5. The molecule has 1 aromatic carbocycles. The highest BCUT2D eigenvalue weighted by Gasteiger charge is 2.15. The third kappa shape index (κ3) is 3.30. The molecule has 0 aliphatic rings. The lowest BCUT2D eigenvalue weighted by Crippen LogP contribution is -2.21. The number of hydrogen-bond acceptors (Lipinski definition) is 3. The van der Waals surface area contributed by atoms with Gasteiger partial charge in [0.1, 0.15) is 5.75 Å². The molecule has 1 aromatic heterocycles. The van der Waals surface area contributed by atoms with Crippen molar-refractivity contribution >= 4 is 16.9 Å². The molecular formula is C17H21NO4. The standard InChI is InChI=1S/C17H21NO4/c1-4-5-8-18-15(19)7-6-12-9-13(17(20)21)10-14(16(12)18)22-11(2)3/h6-7,9-11H,4-5,8H2,1-3H3,(H,20,21). The van der Waals surface area contributed by atoms with Gasteiger partial charge in [-0.1, -0.05) is 13.3 Å². The van der Waals surface area contributed by atoms with Crippen LogP contribution in [0.1, 0.15) is 44.0 Å². The lowest BCUT2D eigenvalue weighted by atomic mass is 10.1. The maximum absolute atomic E-state index is 12.2. The predicted molar refractivity (Wildman–Crippen MR) is 85.8 cm³/mol. The van der Waals surface area contributed by atoms with Gasteiger partial charge in [0, 0.05) is 18.0 Å². The first-order chi connectivity index (χ1) is 10.4. The zero-order valence-electron chi connectivity index (χ0n) is 13.1. The molecule has 0 fully saturated rings. The number of unbranched alkanes of at least 4 members (excludes halogenated alkanes) is 1. The Balaban J connectivity index is 2.75.